The summed E-state index contributed by atoms with van der Waals surface area (Å²) in [5, 5.41) is 8.09. The molecule has 2 heterocycles. The Hall–Kier alpha value is -1.16. The molecule has 3 aliphatic rings. The van der Waals surface area contributed by atoms with Crippen LogP contribution in [-0.4, -0.2) is 28.7 Å². The Labute approximate surface area is 126 Å². The Morgan fingerprint density at radius 2 is 2.00 bits per heavy atom. The molecule has 1 saturated heterocycles. The molecule has 0 amide bonds. The number of Topliss-reactive ketones (excluding diaryl/α,β-unsaturated/α-hetero) is 1. The molecule has 1 aromatic heterocycles. The average Bonchev–Trinajstić information content (AvgIpc) is 2.83. The van der Waals surface area contributed by atoms with Gasteiger partial charge in [0.05, 0.1) is 11.7 Å². The molecule has 0 atom stereocenters. The maximum atomic E-state index is 12.9. The summed E-state index contributed by atoms with van der Waals surface area (Å²) in [4.78, 5) is 12.9. The third-order valence-corrected chi connectivity index (χ3v) is 6.27. The van der Waals surface area contributed by atoms with E-state index in [1.807, 2.05) is 6.20 Å². The Morgan fingerprint density at radius 1 is 1.24 bits per heavy atom. The molecule has 21 heavy (non-hydrogen) atoms. The van der Waals surface area contributed by atoms with Crippen LogP contribution in [0.25, 0.3) is 0 Å². The van der Waals surface area contributed by atoms with Crippen molar-refractivity contribution in [2.45, 2.75) is 63.8 Å². The quantitative estimate of drug-likeness (QED) is 0.909. The van der Waals surface area contributed by atoms with Crippen molar-refractivity contribution in [2.75, 3.05) is 13.1 Å². The van der Waals surface area contributed by atoms with Gasteiger partial charge < -0.3 is 5.32 Å². The number of fused-ring (bicyclic) bond motifs is 1. The molecule has 1 aliphatic heterocycles. The van der Waals surface area contributed by atoms with E-state index in [9.17, 15) is 4.79 Å². The number of ketones is 1. The SMILES string of the molecule is CCC1(n2ncc3c2C(=O)CC2(CCNCC2)C3)CCC1. The molecule has 2 aliphatic carbocycles. The largest absolute Gasteiger partial charge is 0.317 e. The summed E-state index contributed by atoms with van der Waals surface area (Å²) in [6, 6.07) is 0. The highest BCUT2D eigenvalue weighted by molar-refractivity contribution is 5.97. The van der Waals surface area contributed by atoms with Gasteiger partial charge in [-0.1, -0.05) is 6.92 Å². The average molecular weight is 287 g/mol. The first kappa shape index (κ1) is 13.5. The van der Waals surface area contributed by atoms with Gasteiger partial charge in [-0.2, -0.15) is 5.10 Å². The molecule has 1 aromatic rings. The van der Waals surface area contributed by atoms with Crippen LogP contribution in [0.2, 0.25) is 0 Å². The molecule has 1 spiro atoms. The molecule has 4 rings (SSSR count). The van der Waals surface area contributed by atoms with Crippen molar-refractivity contribution < 1.29 is 4.79 Å². The van der Waals surface area contributed by atoms with Crippen molar-refractivity contribution in [2.24, 2.45) is 5.41 Å². The number of nitrogens with one attached hydrogen (secondary N) is 1. The van der Waals surface area contributed by atoms with Crippen LogP contribution in [0, 0.1) is 5.41 Å². The first-order valence-electron chi connectivity index (χ1n) is 8.49. The van der Waals surface area contributed by atoms with E-state index >= 15 is 0 Å². The van der Waals surface area contributed by atoms with E-state index in [0.717, 1.165) is 50.9 Å². The summed E-state index contributed by atoms with van der Waals surface area (Å²) in [6.45, 7) is 4.33. The zero-order valence-electron chi connectivity index (χ0n) is 13.0. The van der Waals surface area contributed by atoms with Crippen LogP contribution in [0.5, 0.6) is 0 Å². The number of hydrogen-bond donors (Lipinski definition) is 1. The topological polar surface area (TPSA) is 46.9 Å². The van der Waals surface area contributed by atoms with Crippen LogP contribution in [0.1, 0.15) is 67.9 Å². The highest BCUT2D eigenvalue weighted by Crippen LogP contribution is 2.47. The van der Waals surface area contributed by atoms with E-state index in [2.05, 4.69) is 22.0 Å². The number of hydrogen-bond acceptors (Lipinski definition) is 3. The highest BCUT2D eigenvalue weighted by atomic mass is 16.1. The lowest BCUT2D eigenvalue weighted by Crippen LogP contribution is -2.45. The van der Waals surface area contributed by atoms with Crippen LogP contribution < -0.4 is 5.32 Å². The number of carbonyl (C=O) groups excluding carboxylic acids is 1. The summed E-state index contributed by atoms with van der Waals surface area (Å²) in [6.07, 6.45) is 10.7. The standard InChI is InChI=1S/C17H25N3O/c1-2-17(4-3-5-17)20-15-13(12-19-20)10-16(11-14(15)21)6-8-18-9-7-16/h12,18H,2-11H2,1H3. The van der Waals surface area contributed by atoms with E-state index in [1.54, 1.807) is 0 Å². The summed E-state index contributed by atoms with van der Waals surface area (Å²) in [5.41, 5.74) is 2.51. The summed E-state index contributed by atoms with van der Waals surface area (Å²) >= 11 is 0. The van der Waals surface area contributed by atoms with Crippen LogP contribution in [0.3, 0.4) is 0 Å². The first-order chi connectivity index (χ1) is 10.2. The second-order valence-corrected chi connectivity index (χ2v) is 7.39. The normalized spacial score (nSPS) is 26.4. The lowest BCUT2D eigenvalue weighted by Gasteiger charge is -2.44. The maximum absolute atomic E-state index is 12.9. The third-order valence-electron chi connectivity index (χ3n) is 6.27. The maximum Gasteiger partial charge on any atom is 0.181 e. The minimum Gasteiger partial charge on any atom is -0.317 e. The third kappa shape index (κ3) is 1.91. The van der Waals surface area contributed by atoms with Crippen LogP contribution in [-0.2, 0) is 12.0 Å². The smallest absolute Gasteiger partial charge is 0.181 e. The molecule has 0 radical (unpaired) electrons. The highest BCUT2D eigenvalue weighted by Gasteiger charge is 2.45. The minimum atomic E-state index is 0.141. The molecule has 1 N–H and O–H groups in total. The molecule has 114 valence electrons. The van der Waals surface area contributed by atoms with Gasteiger partial charge in [-0.3, -0.25) is 9.48 Å². The fourth-order valence-electron chi connectivity index (χ4n) is 4.67. The number of carbonyl (C=O) groups is 1. The molecule has 1 saturated carbocycles. The van der Waals surface area contributed by atoms with E-state index in [1.165, 1.54) is 24.8 Å². The van der Waals surface area contributed by atoms with Gasteiger partial charge in [-0.25, -0.2) is 0 Å². The molecular weight excluding hydrogens is 262 g/mol. The van der Waals surface area contributed by atoms with Gasteiger partial charge in [-0.05, 0) is 63.5 Å². The van der Waals surface area contributed by atoms with Crippen LogP contribution in [0.15, 0.2) is 6.20 Å². The Bertz CT molecular complexity index is 559. The van der Waals surface area contributed by atoms with Gasteiger partial charge in [0.15, 0.2) is 5.78 Å². The van der Waals surface area contributed by atoms with Gasteiger partial charge in [0.1, 0.15) is 5.69 Å². The molecular formula is C17H25N3O. The number of nitrogens with zero attached hydrogens (tertiary/aromatic N) is 2. The van der Waals surface area contributed by atoms with Crippen molar-refractivity contribution in [3.05, 3.63) is 17.5 Å². The number of piperidine rings is 1. The van der Waals surface area contributed by atoms with Gasteiger partial charge in [0, 0.05) is 12.0 Å². The second kappa shape index (κ2) is 4.67. The van der Waals surface area contributed by atoms with E-state index in [-0.39, 0.29) is 11.0 Å². The zero-order chi connectivity index (χ0) is 14.5. The predicted molar refractivity (Wildman–Crippen MR) is 81.5 cm³/mol. The van der Waals surface area contributed by atoms with Crippen LogP contribution >= 0.6 is 0 Å². The minimum absolute atomic E-state index is 0.141. The summed E-state index contributed by atoms with van der Waals surface area (Å²) in [7, 11) is 0. The first-order valence-corrected chi connectivity index (χ1v) is 8.49. The molecule has 4 nitrogen and oxygen atoms in total. The lowest BCUT2D eigenvalue weighted by molar-refractivity contribution is 0.0755. The van der Waals surface area contributed by atoms with Crippen LogP contribution in [0.4, 0.5) is 0 Å². The van der Waals surface area contributed by atoms with E-state index in [4.69, 9.17) is 0 Å². The summed E-state index contributed by atoms with van der Waals surface area (Å²) < 4.78 is 2.11. The molecule has 0 bridgehead atoms. The Balaban J connectivity index is 1.71. The second-order valence-electron chi connectivity index (χ2n) is 7.39. The van der Waals surface area contributed by atoms with Crippen molar-refractivity contribution in [1.82, 2.24) is 15.1 Å². The van der Waals surface area contributed by atoms with Gasteiger partial charge in [-0.15, -0.1) is 0 Å². The van der Waals surface area contributed by atoms with Gasteiger partial charge in [0.2, 0.25) is 0 Å². The van der Waals surface area contributed by atoms with Gasteiger partial charge >= 0.3 is 0 Å². The zero-order valence-corrected chi connectivity index (χ0v) is 13.0. The molecule has 0 unspecified atom stereocenters. The predicted octanol–water partition coefficient (Wildman–Crippen LogP) is 2.67. The number of rotatable bonds is 2. The van der Waals surface area contributed by atoms with Crippen molar-refractivity contribution in [1.29, 1.82) is 0 Å². The van der Waals surface area contributed by atoms with E-state index in [0.29, 0.717) is 5.78 Å². The molecule has 0 aromatic carbocycles. The van der Waals surface area contributed by atoms with Crippen molar-refractivity contribution >= 4 is 5.78 Å². The fraction of sp³-hybridized carbons (Fsp3) is 0.765. The molecule has 2 fully saturated rings. The monoisotopic (exact) mass is 287 g/mol. The summed E-state index contributed by atoms with van der Waals surface area (Å²) in [5.74, 6) is 0.343. The Kier molecular flexibility index (Phi) is 3.00. The number of aromatic nitrogens is 2. The lowest BCUT2D eigenvalue weighted by atomic mass is 9.67. The van der Waals surface area contributed by atoms with Gasteiger partial charge in [0.25, 0.3) is 0 Å². The van der Waals surface area contributed by atoms with Crippen molar-refractivity contribution in [3.63, 3.8) is 0 Å². The Morgan fingerprint density at radius 3 is 2.62 bits per heavy atom. The molecule has 4 heteroatoms. The fourth-order valence-corrected chi connectivity index (χ4v) is 4.67. The van der Waals surface area contributed by atoms with Crippen molar-refractivity contribution in [3.8, 4) is 0 Å². The van der Waals surface area contributed by atoms with E-state index < -0.39 is 0 Å².